The molecule has 0 aliphatic rings. The number of halogens is 1. The number of aromatic nitrogens is 2. The van der Waals surface area contributed by atoms with Gasteiger partial charge in [-0.15, -0.1) is 0 Å². The monoisotopic (exact) mass is 378 g/mol. The summed E-state index contributed by atoms with van der Waals surface area (Å²) in [6.07, 6.45) is 0.841. The molecule has 0 saturated heterocycles. The van der Waals surface area contributed by atoms with Gasteiger partial charge in [0.25, 0.3) is 5.91 Å². The average molecular weight is 379 g/mol. The Morgan fingerprint density at radius 2 is 2.00 bits per heavy atom. The molecule has 0 spiro atoms. The molecular weight excluding hydrogens is 360 g/mol. The van der Waals surface area contributed by atoms with Crippen molar-refractivity contribution >= 4 is 33.5 Å². The van der Waals surface area contributed by atoms with Crippen LogP contribution in [0.1, 0.15) is 22.6 Å². The number of rotatable bonds is 7. The van der Waals surface area contributed by atoms with E-state index < -0.39 is 0 Å². The van der Waals surface area contributed by atoms with Gasteiger partial charge in [0.15, 0.2) is 0 Å². The zero-order chi connectivity index (χ0) is 16.7. The van der Waals surface area contributed by atoms with Crippen LogP contribution in [0, 0.1) is 6.92 Å². The van der Waals surface area contributed by atoms with Crippen molar-refractivity contribution in [2.24, 2.45) is 0 Å². The molecule has 23 heavy (non-hydrogen) atoms. The quantitative estimate of drug-likeness (QED) is 0.723. The van der Waals surface area contributed by atoms with Gasteiger partial charge < -0.3 is 15.4 Å². The number of benzene rings is 1. The van der Waals surface area contributed by atoms with Crippen molar-refractivity contribution in [1.82, 2.24) is 9.97 Å². The summed E-state index contributed by atoms with van der Waals surface area (Å²) in [5.74, 6) is 0.180. The van der Waals surface area contributed by atoms with E-state index in [-0.39, 0.29) is 5.91 Å². The molecule has 0 aliphatic carbocycles. The summed E-state index contributed by atoms with van der Waals surface area (Å²) in [4.78, 5) is 20.9. The first kappa shape index (κ1) is 17.4. The number of anilines is 2. The molecule has 2 aromatic rings. The number of nitrogens with zero attached hydrogens (tertiary/aromatic N) is 2. The molecule has 0 saturated carbocycles. The van der Waals surface area contributed by atoms with Crippen molar-refractivity contribution in [3.8, 4) is 0 Å². The normalized spacial score (nSPS) is 10.4. The lowest BCUT2D eigenvalue weighted by molar-refractivity contribution is 0.102. The van der Waals surface area contributed by atoms with Crippen molar-refractivity contribution in [2.75, 3.05) is 30.9 Å². The summed E-state index contributed by atoms with van der Waals surface area (Å²) in [6.45, 7) is 3.18. The fraction of sp³-hybridized carbons (Fsp3) is 0.312. The van der Waals surface area contributed by atoms with Crippen LogP contribution >= 0.6 is 15.9 Å². The SMILES string of the molecule is COCCCNc1nc(C)cc(C(=O)Nc2ccc(Br)cc2)n1. The van der Waals surface area contributed by atoms with Gasteiger partial charge in [-0.2, -0.15) is 0 Å². The summed E-state index contributed by atoms with van der Waals surface area (Å²) in [7, 11) is 1.66. The Hall–Kier alpha value is -1.99. The van der Waals surface area contributed by atoms with E-state index >= 15 is 0 Å². The molecule has 122 valence electrons. The van der Waals surface area contributed by atoms with Crippen LogP contribution in [0.15, 0.2) is 34.8 Å². The van der Waals surface area contributed by atoms with Crippen LogP contribution in [0.4, 0.5) is 11.6 Å². The van der Waals surface area contributed by atoms with Gasteiger partial charge in [-0.1, -0.05) is 15.9 Å². The summed E-state index contributed by atoms with van der Waals surface area (Å²) in [5.41, 5.74) is 1.77. The number of carbonyl (C=O) groups is 1. The lowest BCUT2D eigenvalue weighted by Gasteiger charge is -2.09. The Balaban J connectivity index is 2.04. The van der Waals surface area contributed by atoms with Crippen LogP contribution < -0.4 is 10.6 Å². The minimum Gasteiger partial charge on any atom is -0.385 e. The molecule has 0 unspecified atom stereocenters. The summed E-state index contributed by atoms with van der Waals surface area (Å²) in [5, 5.41) is 5.92. The Bertz CT molecular complexity index is 662. The van der Waals surface area contributed by atoms with Crippen molar-refractivity contribution in [2.45, 2.75) is 13.3 Å². The van der Waals surface area contributed by atoms with Gasteiger partial charge in [0.2, 0.25) is 5.95 Å². The average Bonchev–Trinajstić information content (AvgIpc) is 2.53. The van der Waals surface area contributed by atoms with E-state index in [0.29, 0.717) is 30.5 Å². The fourth-order valence-corrected chi connectivity index (χ4v) is 2.17. The molecule has 0 atom stereocenters. The Kier molecular flexibility index (Phi) is 6.49. The van der Waals surface area contributed by atoms with Gasteiger partial charge in [0, 0.05) is 36.1 Å². The number of aryl methyl sites for hydroxylation is 1. The predicted octanol–water partition coefficient (Wildman–Crippen LogP) is 3.25. The van der Waals surface area contributed by atoms with E-state index in [2.05, 4.69) is 36.5 Å². The molecule has 1 heterocycles. The van der Waals surface area contributed by atoms with E-state index in [9.17, 15) is 4.79 Å². The highest BCUT2D eigenvalue weighted by Crippen LogP contribution is 2.15. The second kappa shape index (κ2) is 8.59. The van der Waals surface area contributed by atoms with Gasteiger partial charge in [0.1, 0.15) is 5.69 Å². The molecule has 1 aromatic carbocycles. The highest BCUT2D eigenvalue weighted by atomic mass is 79.9. The third-order valence-electron chi connectivity index (χ3n) is 3.00. The third kappa shape index (κ3) is 5.61. The van der Waals surface area contributed by atoms with Gasteiger partial charge in [0.05, 0.1) is 0 Å². The number of amides is 1. The Morgan fingerprint density at radius 3 is 2.70 bits per heavy atom. The van der Waals surface area contributed by atoms with Gasteiger partial charge in [-0.25, -0.2) is 9.97 Å². The van der Waals surface area contributed by atoms with Crippen LogP contribution in [0.5, 0.6) is 0 Å². The predicted molar refractivity (Wildman–Crippen MR) is 93.8 cm³/mol. The smallest absolute Gasteiger partial charge is 0.274 e. The second-order valence-corrected chi connectivity index (χ2v) is 5.87. The molecule has 6 nitrogen and oxygen atoms in total. The maximum absolute atomic E-state index is 12.3. The van der Waals surface area contributed by atoms with E-state index in [1.807, 2.05) is 31.2 Å². The second-order valence-electron chi connectivity index (χ2n) is 4.95. The minimum atomic E-state index is -0.266. The number of carbonyl (C=O) groups excluding carboxylic acids is 1. The van der Waals surface area contributed by atoms with Crippen LogP contribution in [0.3, 0.4) is 0 Å². The molecule has 0 bridgehead atoms. The molecule has 1 aromatic heterocycles. The van der Waals surface area contributed by atoms with Crippen LogP contribution in [-0.4, -0.2) is 36.1 Å². The van der Waals surface area contributed by atoms with Crippen LogP contribution in [0.2, 0.25) is 0 Å². The first-order chi connectivity index (χ1) is 11.1. The van der Waals surface area contributed by atoms with E-state index in [4.69, 9.17) is 4.74 Å². The standard InChI is InChI=1S/C16H19BrN4O2/c1-11-10-14(21-16(19-11)18-8-3-9-23-2)15(22)20-13-6-4-12(17)5-7-13/h4-7,10H,3,8-9H2,1-2H3,(H,20,22)(H,18,19,21). The molecule has 0 radical (unpaired) electrons. The summed E-state index contributed by atoms with van der Waals surface area (Å²) in [6, 6.07) is 9.03. The number of hydrogen-bond acceptors (Lipinski definition) is 5. The Morgan fingerprint density at radius 1 is 1.26 bits per heavy atom. The number of hydrogen-bond donors (Lipinski definition) is 2. The first-order valence-electron chi connectivity index (χ1n) is 7.24. The number of ether oxygens (including phenoxy) is 1. The van der Waals surface area contributed by atoms with E-state index in [1.54, 1.807) is 13.2 Å². The molecule has 2 N–H and O–H groups in total. The third-order valence-corrected chi connectivity index (χ3v) is 3.53. The minimum absolute atomic E-state index is 0.266. The van der Waals surface area contributed by atoms with Gasteiger partial charge in [-0.3, -0.25) is 4.79 Å². The summed E-state index contributed by atoms with van der Waals surface area (Å²) >= 11 is 3.36. The molecule has 7 heteroatoms. The first-order valence-corrected chi connectivity index (χ1v) is 8.03. The molecule has 2 rings (SSSR count). The van der Waals surface area contributed by atoms with E-state index in [0.717, 1.165) is 16.6 Å². The van der Waals surface area contributed by atoms with Crippen LogP contribution in [0.25, 0.3) is 0 Å². The van der Waals surface area contributed by atoms with Gasteiger partial charge in [-0.05, 0) is 43.7 Å². The highest BCUT2D eigenvalue weighted by Gasteiger charge is 2.11. The lowest BCUT2D eigenvalue weighted by Crippen LogP contribution is -2.16. The lowest BCUT2D eigenvalue weighted by atomic mass is 10.3. The van der Waals surface area contributed by atoms with Crippen molar-refractivity contribution in [3.05, 3.63) is 46.2 Å². The molecule has 0 fully saturated rings. The summed E-state index contributed by atoms with van der Waals surface area (Å²) < 4.78 is 5.95. The number of nitrogens with one attached hydrogen (secondary N) is 2. The zero-order valence-electron chi connectivity index (χ0n) is 13.1. The molecular formula is C16H19BrN4O2. The Labute approximate surface area is 143 Å². The zero-order valence-corrected chi connectivity index (χ0v) is 14.7. The topological polar surface area (TPSA) is 76.1 Å². The van der Waals surface area contributed by atoms with Gasteiger partial charge >= 0.3 is 0 Å². The van der Waals surface area contributed by atoms with Crippen LogP contribution in [-0.2, 0) is 4.74 Å². The maximum atomic E-state index is 12.3. The maximum Gasteiger partial charge on any atom is 0.274 e. The molecule has 0 aliphatic heterocycles. The van der Waals surface area contributed by atoms with Crippen molar-refractivity contribution in [1.29, 1.82) is 0 Å². The highest BCUT2D eigenvalue weighted by molar-refractivity contribution is 9.10. The largest absolute Gasteiger partial charge is 0.385 e. The molecule has 1 amide bonds. The fourth-order valence-electron chi connectivity index (χ4n) is 1.91. The van der Waals surface area contributed by atoms with Crippen molar-refractivity contribution in [3.63, 3.8) is 0 Å². The van der Waals surface area contributed by atoms with E-state index in [1.165, 1.54) is 0 Å². The van der Waals surface area contributed by atoms with Crippen molar-refractivity contribution < 1.29 is 9.53 Å². The number of methoxy groups -OCH3 is 1.